The molecular formula is C14H18O4. The van der Waals surface area contributed by atoms with Gasteiger partial charge >= 0.3 is 5.97 Å². The molecule has 2 atom stereocenters. The molecule has 98 valence electrons. The molecule has 0 aliphatic heterocycles. The number of carbonyl (C=O) groups is 1. The standard InChI is InChI=1S/C14H18O4/c1-9(13(15)16)14(17)7-3-4-10-5-6-11(18-2)8-12(10)14/h5-6,8-9,17H,3-4,7H2,1-2H3,(H,15,16). The third-order valence-electron chi connectivity index (χ3n) is 3.87. The molecule has 0 spiro atoms. The zero-order valence-electron chi connectivity index (χ0n) is 10.6. The van der Waals surface area contributed by atoms with Gasteiger partial charge in [0.15, 0.2) is 0 Å². The van der Waals surface area contributed by atoms with Crippen molar-refractivity contribution in [1.82, 2.24) is 0 Å². The number of fused-ring (bicyclic) bond motifs is 1. The second kappa shape index (κ2) is 4.61. The summed E-state index contributed by atoms with van der Waals surface area (Å²) in [5.74, 6) is -1.16. The number of carboxylic acid groups (broad SMARTS) is 1. The first-order valence-electron chi connectivity index (χ1n) is 6.11. The van der Waals surface area contributed by atoms with Gasteiger partial charge in [0.1, 0.15) is 11.4 Å². The summed E-state index contributed by atoms with van der Waals surface area (Å²) in [6.45, 7) is 1.55. The third-order valence-corrected chi connectivity index (χ3v) is 3.87. The number of aliphatic carboxylic acids is 1. The maximum atomic E-state index is 11.2. The van der Waals surface area contributed by atoms with Crippen LogP contribution in [0.15, 0.2) is 18.2 Å². The maximum absolute atomic E-state index is 11.2. The Balaban J connectivity index is 2.51. The molecule has 2 unspecified atom stereocenters. The van der Waals surface area contributed by atoms with Crippen LogP contribution in [-0.2, 0) is 16.8 Å². The van der Waals surface area contributed by atoms with Gasteiger partial charge in [-0.15, -0.1) is 0 Å². The minimum Gasteiger partial charge on any atom is -0.497 e. The van der Waals surface area contributed by atoms with Gasteiger partial charge in [0.2, 0.25) is 0 Å². The van der Waals surface area contributed by atoms with E-state index in [1.165, 1.54) is 0 Å². The molecule has 0 heterocycles. The van der Waals surface area contributed by atoms with Crippen LogP contribution in [0, 0.1) is 5.92 Å². The summed E-state index contributed by atoms with van der Waals surface area (Å²) in [5.41, 5.74) is 0.411. The Morgan fingerprint density at radius 1 is 1.50 bits per heavy atom. The van der Waals surface area contributed by atoms with E-state index in [1.54, 1.807) is 20.1 Å². The SMILES string of the molecule is COc1ccc2c(c1)C(O)(C(C)C(=O)O)CCC2. The van der Waals surface area contributed by atoms with Crippen LogP contribution in [0.3, 0.4) is 0 Å². The molecule has 0 saturated carbocycles. The summed E-state index contributed by atoms with van der Waals surface area (Å²) in [6.07, 6.45) is 2.14. The highest BCUT2D eigenvalue weighted by Crippen LogP contribution is 2.42. The molecule has 0 aromatic heterocycles. The van der Waals surface area contributed by atoms with Gasteiger partial charge in [-0.2, -0.15) is 0 Å². The highest BCUT2D eigenvalue weighted by atomic mass is 16.5. The van der Waals surface area contributed by atoms with E-state index in [0.29, 0.717) is 17.7 Å². The van der Waals surface area contributed by atoms with E-state index in [2.05, 4.69) is 0 Å². The molecule has 0 saturated heterocycles. The number of methoxy groups -OCH3 is 1. The lowest BCUT2D eigenvalue weighted by Gasteiger charge is -2.37. The molecule has 1 aliphatic carbocycles. The predicted octanol–water partition coefficient (Wildman–Crippen LogP) is 1.94. The molecule has 1 aromatic carbocycles. The van der Waals surface area contributed by atoms with Crippen molar-refractivity contribution in [2.75, 3.05) is 7.11 Å². The number of aryl methyl sites for hydroxylation is 1. The zero-order valence-corrected chi connectivity index (χ0v) is 10.6. The normalized spacial score (nSPS) is 24.2. The first-order valence-corrected chi connectivity index (χ1v) is 6.11. The second-order valence-corrected chi connectivity index (χ2v) is 4.86. The smallest absolute Gasteiger partial charge is 0.309 e. The fourth-order valence-corrected chi connectivity index (χ4v) is 2.64. The summed E-state index contributed by atoms with van der Waals surface area (Å²) >= 11 is 0. The number of hydrogen-bond donors (Lipinski definition) is 2. The van der Waals surface area contributed by atoms with Crippen molar-refractivity contribution < 1.29 is 19.7 Å². The number of aliphatic hydroxyl groups is 1. The summed E-state index contributed by atoms with van der Waals surface area (Å²) < 4.78 is 5.16. The van der Waals surface area contributed by atoms with Gasteiger partial charge in [0.05, 0.1) is 13.0 Å². The van der Waals surface area contributed by atoms with Crippen LogP contribution in [0.2, 0.25) is 0 Å². The van der Waals surface area contributed by atoms with Gasteiger partial charge in [0.25, 0.3) is 0 Å². The minimum absolute atomic E-state index is 0.473. The van der Waals surface area contributed by atoms with Crippen LogP contribution in [0.1, 0.15) is 30.9 Å². The van der Waals surface area contributed by atoms with E-state index in [-0.39, 0.29) is 0 Å². The van der Waals surface area contributed by atoms with Crippen LogP contribution in [0.5, 0.6) is 5.75 Å². The van der Waals surface area contributed by atoms with Crippen molar-refractivity contribution in [3.8, 4) is 5.75 Å². The van der Waals surface area contributed by atoms with Crippen LogP contribution >= 0.6 is 0 Å². The number of rotatable bonds is 3. The number of hydrogen-bond acceptors (Lipinski definition) is 3. The second-order valence-electron chi connectivity index (χ2n) is 4.86. The van der Waals surface area contributed by atoms with Crippen LogP contribution in [0.25, 0.3) is 0 Å². The molecule has 0 amide bonds. The molecule has 4 nitrogen and oxygen atoms in total. The molecule has 0 bridgehead atoms. The topological polar surface area (TPSA) is 66.8 Å². The Morgan fingerprint density at radius 3 is 2.83 bits per heavy atom. The molecule has 2 rings (SSSR count). The van der Waals surface area contributed by atoms with Gasteiger partial charge in [-0.05, 0) is 49.4 Å². The first-order chi connectivity index (χ1) is 8.49. The fourth-order valence-electron chi connectivity index (χ4n) is 2.64. The first kappa shape index (κ1) is 12.9. The lowest BCUT2D eigenvalue weighted by atomic mass is 9.72. The number of carboxylic acids is 1. The van der Waals surface area contributed by atoms with E-state index in [4.69, 9.17) is 9.84 Å². The van der Waals surface area contributed by atoms with E-state index in [0.717, 1.165) is 18.4 Å². The van der Waals surface area contributed by atoms with Crippen LogP contribution < -0.4 is 4.74 Å². The van der Waals surface area contributed by atoms with E-state index in [1.807, 2.05) is 12.1 Å². The Labute approximate surface area is 106 Å². The van der Waals surface area contributed by atoms with Crippen molar-refractivity contribution in [3.05, 3.63) is 29.3 Å². The Kier molecular flexibility index (Phi) is 3.30. The van der Waals surface area contributed by atoms with E-state index < -0.39 is 17.5 Å². The Bertz CT molecular complexity index is 469. The molecule has 4 heteroatoms. The summed E-state index contributed by atoms with van der Waals surface area (Å²) in [7, 11) is 1.56. The highest BCUT2D eigenvalue weighted by molar-refractivity contribution is 5.72. The van der Waals surface area contributed by atoms with Crippen molar-refractivity contribution in [3.63, 3.8) is 0 Å². The molecule has 2 N–H and O–H groups in total. The summed E-state index contributed by atoms with van der Waals surface area (Å²) in [6, 6.07) is 5.51. The van der Waals surface area contributed by atoms with Crippen molar-refractivity contribution in [2.24, 2.45) is 5.92 Å². The van der Waals surface area contributed by atoms with Crippen molar-refractivity contribution in [1.29, 1.82) is 0 Å². The predicted molar refractivity (Wildman–Crippen MR) is 66.6 cm³/mol. The maximum Gasteiger partial charge on any atom is 0.309 e. The largest absolute Gasteiger partial charge is 0.497 e. The summed E-state index contributed by atoms with van der Waals surface area (Å²) in [4.78, 5) is 11.2. The van der Waals surface area contributed by atoms with Gasteiger partial charge in [-0.3, -0.25) is 4.79 Å². The van der Waals surface area contributed by atoms with Gasteiger partial charge in [0, 0.05) is 0 Å². The highest BCUT2D eigenvalue weighted by Gasteiger charge is 2.43. The minimum atomic E-state index is -1.30. The van der Waals surface area contributed by atoms with Crippen LogP contribution in [0.4, 0.5) is 0 Å². The Morgan fingerprint density at radius 2 is 2.22 bits per heavy atom. The zero-order chi connectivity index (χ0) is 13.3. The molecule has 0 fully saturated rings. The lowest BCUT2D eigenvalue weighted by Crippen LogP contribution is -2.41. The Hall–Kier alpha value is -1.55. The van der Waals surface area contributed by atoms with Gasteiger partial charge in [-0.1, -0.05) is 6.07 Å². The summed E-state index contributed by atoms with van der Waals surface area (Å²) in [5, 5.41) is 19.9. The monoisotopic (exact) mass is 250 g/mol. The van der Waals surface area contributed by atoms with Gasteiger partial charge < -0.3 is 14.9 Å². The lowest BCUT2D eigenvalue weighted by molar-refractivity contribution is -0.153. The average Bonchev–Trinajstić information content (AvgIpc) is 2.37. The number of benzene rings is 1. The van der Waals surface area contributed by atoms with Crippen LogP contribution in [-0.4, -0.2) is 23.3 Å². The molecular weight excluding hydrogens is 232 g/mol. The molecule has 1 aromatic rings. The number of ether oxygens (including phenoxy) is 1. The molecule has 0 radical (unpaired) electrons. The quantitative estimate of drug-likeness (QED) is 0.860. The third kappa shape index (κ3) is 1.97. The van der Waals surface area contributed by atoms with Crippen molar-refractivity contribution in [2.45, 2.75) is 31.8 Å². The van der Waals surface area contributed by atoms with E-state index >= 15 is 0 Å². The molecule has 1 aliphatic rings. The van der Waals surface area contributed by atoms with Gasteiger partial charge in [-0.25, -0.2) is 0 Å². The van der Waals surface area contributed by atoms with Crippen molar-refractivity contribution >= 4 is 5.97 Å². The average molecular weight is 250 g/mol. The fraction of sp³-hybridized carbons (Fsp3) is 0.500. The van der Waals surface area contributed by atoms with E-state index in [9.17, 15) is 9.90 Å². The molecule has 18 heavy (non-hydrogen) atoms.